The number of carbonyl (C=O) groups is 2. The highest BCUT2D eigenvalue weighted by Crippen LogP contribution is 2.25. The summed E-state index contributed by atoms with van der Waals surface area (Å²) in [4.78, 5) is 22.7. The van der Waals surface area contributed by atoms with E-state index in [2.05, 4.69) is 17.9 Å². The Hall–Kier alpha value is -1.93. The fourth-order valence-electron chi connectivity index (χ4n) is 1.49. The van der Waals surface area contributed by atoms with Crippen molar-refractivity contribution in [1.29, 1.82) is 0 Å². The Morgan fingerprint density at radius 2 is 1.95 bits per heavy atom. The molecular formula is C12H16N2O5S. The normalized spacial score (nSPS) is 13.5. The lowest BCUT2D eigenvalue weighted by molar-refractivity contribution is -0.141. The number of phenolic OH excluding ortho intramolecular Hbond substituents is 2. The largest absolute Gasteiger partial charge is 0.504 e. The second kappa shape index (κ2) is 7.01. The highest BCUT2D eigenvalue weighted by Gasteiger charge is 2.23. The number of amides is 1. The fraction of sp³-hybridized carbons (Fsp3) is 0.333. The quantitative estimate of drug-likeness (QED) is 0.309. The molecule has 0 saturated heterocycles. The number of carbonyl (C=O) groups excluding carboxylic acids is 1. The fourth-order valence-corrected chi connectivity index (χ4v) is 1.66. The van der Waals surface area contributed by atoms with E-state index >= 15 is 0 Å². The van der Waals surface area contributed by atoms with Gasteiger partial charge in [0.1, 0.15) is 6.04 Å². The number of rotatable bonds is 6. The zero-order valence-corrected chi connectivity index (χ0v) is 11.4. The lowest BCUT2D eigenvalue weighted by atomic mass is 10.0. The van der Waals surface area contributed by atoms with Gasteiger partial charge < -0.3 is 26.4 Å². The second-order valence-corrected chi connectivity index (χ2v) is 4.58. The minimum atomic E-state index is -1.22. The zero-order chi connectivity index (χ0) is 15.3. The Balaban J connectivity index is 2.79. The molecule has 0 spiro atoms. The van der Waals surface area contributed by atoms with Gasteiger partial charge in [-0.25, -0.2) is 4.79 Å². The molecule has 0 radical (unpaired) electrons. The first kappa shape index (κ1) is 16.1. The molecule has 0 saturated carbocycles. The molecule has 1 unspecified atom stereocenters. The predicted molar refractivity (Wildman–Crippen MR) is 74.9 cm³/mol. The van der Waals surface area contributed by atoms with Gasteiger partial charge in [-0.15, -0.1) is 0 Å². The number of hydrogen-bond acceptors (Lipinski definition) is 6. The first-order chi connectivity index (χ1) is 9.35. The summed E-state index contributed by atoms with van der Waals surface area (Å²) in [7, 11) is 0. The van der Waals surface area contributed by atoms with E-state index in [9.17, 15) is 19.8 Å². The molecule has 0 aliphatic rings. The third-order valence-electron chi connectivity index (χ3n) is 2.63. The second-order valence-electron chi connectivity index (χ2n) is 4.22. The van der Waals surface area contributed by atoms with E-state index in [1.807, 2.05) is 0 Å². The van der Waals surface area contributed by atoms with Crippen LogP contribution in [0.25, 0.3) is 0 Å². The molecule has 2 atom stereocenters. The number of phenols is 2. The SMILES string of the molecule is NC(CS)C(=O)N[C@@H](Cc1ccc(O)c(O)c1)C(=O)O. The maximum atomic E-state index is 11.6. The van der Waals surface area contributed by atoms with Crippen LogP contribution in [0, 0.1) is 0 Å². The van der Waals surface area contributed by atoms with Crippen molar-refractivity contribution in [2.75, 3.05) is 5.75 Å². The number of carboxylic acids is 1. The Kier molecular flexibility index (Phi) is 5.66. The summed E-state index contributed by atoms with van der Waals surface area (Å²) in [6.45, 7) is 0. The summed E-state index contributed by atoms with van der Waals surface area (Å²) in [6.07, 6.45) is -0.0474. The van der Waals surface area contributed by atoms with E-state index in [1.54, 1.807) is 0 Å². The highest BCUT2D eigenvalue weighted by molar-refractivity contribution is 7.80. The van der Waals surface area contributed by atoms with Crippen molar-refractivity contribution in [3.05, 3.63) is 23.8 Å². The van der Waals surface area contributed by atoms with Gasteiger partial charge in [0, 0.05) is 12.2 Å². The Bertz CT molecular complexity index is 509. The summed E-state index contributed by atoms with van der Waals surface area (Å²) in [5, 5.41) is 29.9. The van der Waals surface area contributed by atoms with Crippen LogP contribution >= 0.6 is 12.6 Å². The van der Waals surface area contributed by atoms with Crippen LogP contribution in [0.2, 0.25) is 0 Å². The van der Waals surface area contributed by atoms with E-state index in [0.29, 0.717) is 5.56 Å². The van der Waals surface area contributed by atoms with Crippen molar-refractivity contribution < 1.29 is 24.9 Å². The molecule has 7 nitrogen and oxygen atoms in total. The number of hydrogen-bond donors (Lipinski definition) is 6. The molecule has 0 fully saturated rings. The molecule has 0 aromatic heterocycles. The third-order valence-corrected chi connectivity index (χ3v) is 3.02. The van der Waals surface area contributed by atoms with E-state index in [1.165, 1.54) is 18.2 Å². The van der Waals surface area contributed by atoms with Crippen LogP contribution in [-0.2, 0) is 16.0 Å². The van der Waals surface area contributed by atoms with Gasteiger partial charge in [-0.2, -0.15) is 12.6 Å². The number of carboxylic acid groups (broad SMARTS) is 1. The molecule has 1 rings (SSSR count). The van der Waals surface area contributed by atoms with E-state index in [4.69, 9.17) is 10.8 Å². The summed E-state index contributed by atoms with van der Waals surface area (Å²) in [5.41, 5.74) is 5.90. The van der Waals surface area contributed by atoms with E-state index in [-0.39, 0.29) is 23.7 Å². The van der Waals surface area contributed by atoms with Crippen LogP contribution in [0.4, 0.5) is 0 Å². The molecular weight excluding hydrogens is 284 g/mol. The minimum Gasteiger partial charge on any atom is -0.504 e. The summed E-state index contributed by atoms with van der Waals surface area (Å²) >= 11 is 3.86. The van der Waals surface area contributed by atoms with Crippen LogP contribution in [-0.4, -0.2) is 45.0 Å². The zero-order valence-electron chi connectivity index (χ0n) is 10.5. The summed E-state index contributed by atoms with van der Waals surface area (Å²) in [5.74, 6) is -2.41. The minimum absolute atomic E-state index is 0.0474. The number of aliphatic carboxylic acids is 1. The molecule has 0 bridgehead atoms. The lowest BCUT2D eigenvalue weighted by Crippen LogP contribution is -2.50. The van der Waals surface area contributed by atoms with Crippen molar-refractivity contribution in [3.63, 3.8) is 0 Å². The van der Waals surface area contributed by atoms with Crippen molar-refractivity contribution in [1.82, 2.24) is 5.32 Å². The smallest absolute Gasteiger partial charge is 0.326 e. The number of nitrogens with two attached hydrogens (primary N) is 1. The summed E-state index contributed by atoms with van der Waals surface area (Å²) in [6, 6.07) is 1.85. The number of nitrogens with one attached hydrogen (secondary N) is 1. The molecule has 1 aromatic rings. The molecule has 20 heavy (non-hydrogen) atoms. The van der Waals surface area contributed by atoms with Crippen molar-refractivity contribution in [3.8, 4) is 11.5 Å². The van der Waals surface area contributed by atoms with E-state index in [0.717, 1.165) is 0 Å². The molecule has 1 aromatic carbocycles. The molecule has 0 aliphatic carbocycles. The highest BCUT2D eigenvalue weighted by atomic mass is 32.1. The monoisotopic (exact) mass is 300 g/mol. The molecule has 1 amide bonds. The first-order valence-corrected chi connectivity index (χ1v) is 6.39. The van der Waals surface area contributed by atoms with Crippen LogP contribution in [0.15, 0.2) is 18.2 Å². The number of aromatic hydroxyl groups is 2. The standard InChI is InChI=1S/C12H16N2O5S/c13-7(5-20)11(17)14-8(12(18)19)3-6-1-2-9(15)10(16)4-6/h1-2,4,7-8,15-16,20H,3,5,13H2,(H,14,17)(H,18,19)/t7?,8-/m0/s1. The van der Waals surface area contributed by atoms with Gasteiger partial charge in [0.05, 0.1) is 6.04 Å². The molecule has 110 valence electrons. The number of benzene rings is 1. The average Bonchev–Trinajstić information content (AvgIpc) is 2.40. The summed E-state index contributed by atoms with van der Waals surface area (Å²) < 4.78 is 0. The van der Waals surface area contributed by atoms with Crippen molar-refractivity contribution >= 4 is 24.5 Å². The average molecular weight is 300 g/mol. The maximum Gasteiger partial charge on any atom is 0.326 e. The van der Waals surface area contributed by atoms with Gasteiger partial charge in [-0.3, -0.25) is 4.79 Å². The van der Waals surface area contributed by atoms with Crippen LogP contribution in [0.1, 0.15) is 5.56 Å². The van der Waals surface area contributed by atoms with Gasteiger partial charge in [0.15, 0.2) is 11.5 Å². The Morgan fingerprint density at radius 1 is 1.30 bits per heavy atom. The van der Waals surface area contributed by atoms with E-state index < -0.39 is 24.0 Å². The first-order valence-electron chi connectivity index (χ1n) is 5.75. The van der Waals surface area contributed by atoms with Gasteiger partial charge >= 0.3 is 5.97 Å². The van der Waals surface area contributed by atoms with Gasteiger partial charge in [0.2, 0.25) is 5.91 Å². The van der Waals surface area contributed by atoms with Crippen molar-refractivity contribution in [2.45, 2.75) is 18.5 Å². The number of thiol groups is 1. The van der Waals surface area contributed by atoms with Crippen LogP contribution < -0.4 is 11.1 Å². The van der Waals surface area contributed by atoms with Gasteiger partial charge in [0.25, 0.3) is 0 Å². The molecule has 0 aliphatic heterocycles. The molecule has 8 heteroatoms. The topological polar surface area (TPSA) is 133 Å². The molecule has 0 heterocycles. The molecule has 6 N–H and O–H groups in total. The third kappa shape index (κ3) is 4.32. The van der Waals surface area contributed by atoms with Gasteiger partial charge in [-0.05, 0) is 17.7 Å². The van der Waals surface area contributed by atoms with Crippen molar-refractivity contribution in [2.24, 2.45) is 5.73 Å². The Morgan fingerprint density at radius 3 is 2.45 bits per heavy atom. The predicted octanol–water partition coefficient (Wildman–Crippen LogP) is -0.533. The van der Waals surface area contributed by atoms with Crippen LogP contribution in [0.3, 0.4) is 0 Å². The Labute approximate surface area is 120 Å². The maximum absolute atomic E-state index is 11.6. The van der Waals surface area contributed by atoms with Gasteiger partial charge in [-0.1, -0.05) is 6.07 Å². The lowest BCUT2D eigenvalue weighted by Gasteiger charge is -2.17. The van der Waals surface area contributed by atoms with Crippen LogP contribution in [0.5, 0.6) is 11.5 Å².